The van der Waals surface area contributed by atoms with Crippen LogP contribution < -0.4 is 0 Å². The summed E-state index contributed by atoms with van der Waals surface area (Å²) in [7, 11) is 0. The summed E-state index contributed by atoms with van der Waals surface area (Å²) in [5.41, 5.74) is 3.08. The summed E-state index contributed by atoms with van der Waals surface area (Å²) in [5, 5.41) is 13.5. The van der Waals surface area contributed by atoms with E-state index in [-0.39, 0.29) is 16.9 Å². The number of hydrogen-bond donors (Lipinski definition) is 2. The van der Waals surface area contributed by atoms with E-state index in [2.05, 4.69) is 25.9 Å². The number of aromatic amines is 1. The van der Waals surface area contributed by atoms with Gasteiger partial charge >= 0.3 is 5.97 Å². The summed E-state index contributed by atoms with van der Waals surface area (Å²) in [6, 6.07) is 14.7. The highest BCUT2D eigenvalue weighted by Crippen LogP contribution is 2.27. The summed E-state index contributed by atoms with van der Waals surface area (Å²) in [4.78, 5) is 31.2. The lowest BCUT2D eigenvalue weighted by Gasteiger charge is -2.03. The molecule has 5 aromatic rings. The number of halogens is 1. The minimum atomic E-state index is -1.13. The number of H-pyrrole nitrogens is 1. The number of thiophene rings is 1. The van der Waals surface area contributed by atoms with Gasteiger partial charge in [-0.3, -0.25) is 9.78 Å². The van der Waals surface area contributed by atoms with E-state index < -0.39 is 5.97 Å². The molecule has 0 saturated heterocycles. The van der Waals surface area contributed by atoms with Crippen LogP contribution in [0.25, 0.3) is 16.6 Å². The summed E-state index contributed by atoms with van der Waals surface area (Å²) in [6.45, 7) is 0. The molecule has 6 nitrogen and oxygen atoms in total. The summed E-state index contributed by atoms with van der Waals surface area (Å²) < 4.78 is 2.36. The van der Waals surface area contributed by atoms with Gasteiger partial charge in [0.15, 0.2) is 0 Å². The molecule has 0 fully saturated rings. The van der Waals surface area contributed by atoms with E-state index in [1.807, 2.05) is 47.3 Å². The number of aromatic nitrogens is 3. The number of hydrogen-bond acceptors (Lipinski definition) is 4. The summed E-state index contributed by atoms with van der Waals surface area (Å²) in [6.07, 6.45) is 6.82. The van der Waals surface area contributed by atoms with Crippen LogP contribution in [0.4, 0.5) is 0 Å². The van der Waals surface area contributed by atoms with Crippen LogP contribution in [0.3, 0.4) is 0 Å². The molecule has 5 heterocycles. The van der Waals surface area contributed by atoms with Gasteiger partial charge in [0, 0.05) is 24.8 Å². The van der Waals surface area contributed by atoms with Gasteiger partial charge in [0.25, 0.3) is 0 Å². The third-order valence-electron chi connectivity index (χ3n) is 4.54. The Hall–Kier alpha value is -3.49. The van der Waals surface area contributed by atoms with Crippen molar-refractivity contribution in [3.63, 3.8) is 0 Å². The molecule has 0 bridgehead atoms. The molecule has 0 radical (unpaired) electrons. The van der Waals surface area contributed by atoms with Crippen molar-refractivity contribution in [2.45, 2.75) is 0 Å². The molecule has 31 heavy (non-hydrogen) atoms. The number of fused-ring (bicyclic) bond motifs is 1. The van der Waals surface area contributed by atoms with Gasteiger partial charge in [0.2, 0.25) is 5.78 Å². The van der Waals surface area contributed by atoms with Crippen molar-refractivity contribution in [2.24, 2.45) is 0 Å². The SMILES string of the molecule is O=C(O)c1cn2cc(-c3ccsc3)ccc2c1C(=O)c1ccc(Br)[nH]1.c1ccncc1. The molecule has 154 valence electrons. The first kappa shape index (κ1) is 20.8. The molecule has 5 rings (SSSR count). The Labute approximate surface area is 190 Å². The average Bonchev–Trinajstić information content (AvgIpc) is 3.54. The highest BCUT2D eigenvalue weighted by molar-refractivity contribution is 9.10. The minimum absolute atomic E-state index is 0.0156. The van der Waals surface area contributed by atoms with Crippen molar-refractivity contribution in [1.82, 2.24) is 14.4 Å². The molecule has 2 N–H and O–H groups in total. The third kappa shape index (κ3) is 4.50. The number of rotatable bonds is 4. The van der Waals surface area contributed by atoms with Gasteiger partial charge in [-0.2, -0.15) is 11.3 Å². The molecular formula is C23H16BrN3O3S. The molecule has 0 amide bonds. The van der Waals surface area contributed by atoms with Crippen LogP contribution in [0.1, 0.15) is 26.4 Å². The molecular weight excluding hydrogens is 478 g/mol. The smallest absolute Gasteiger partial charge is 0.338 e. The molecule has 0 aliphatic heterocycles. The Kier molecular flexibility index (Phi) is 6.11. The fourth-order valence-corrected chi connectivity index (χ4v) is 4.14. The Balaban J connectivity index is 0.000000334. The van der Waals surface area contributed by atoms with E-state index in [1.165, 1.54) is 6.20 Å². The lowest BCUT2D eigenvalue weighted by atomic mass is 10.0. The second-order valence-corrected chi connectivity index (χ2v) is 8.15. The van der Waals surface area contributed by atoms with Crippen LogP contribution >= 0.6 is 27.3 Å². The molecule has 0 atom stereocenters. The maximum Gasteiger partial charge on any atom is 0.338 e. The number of pyridine rings is 2. The molecule has 8 heteroatoms. The van der Waals surface area contributed by atoms with Crippen LogP contribution in [0.15, 0.2) is 88.7 Å². The maximum atomic E-state index is 12.8. The van der Waals surface area contributed by atoms with E-state index in [9.17, 15) is 14.7 Å². The van der Waals surface area contributed by atoms with Gasteiger partial charge in [-0.1, -0.05) is 12.1 Å². The van der Waals surface area contributed by atoms with Gasteiger partial charge in [-0.15, -0.1) is 0 Å². The fourth-order valence-electron chi connectivity index (χ4n) is 3.13. The molecule has 0 saturated carbocycles. The topological polar surface area (TPSA) is 87.5 Å². The second kappa shape index (κ2) is 9.11. The average molecular weight is 494 g/mol. The first-order valence-electron chi connectivity index (χ1n) is 9.19. The van der Waals surface area contributed by atoms with Crippen molar-refractivity contribution in [3.8, 4) is 11.1 Å². The van der Waals surface area contributed by atoms with E-state index in [0.29, 0.717) is 15.8 Å². The Morgan fingerprint density at radius 1 is 1.00 bits per heavy atom. The minimum Gasteiger partial charge on any atom is -0.478 e. The van der Waals surface area contributed by atoms with E-state index in [0.717, 1.165) is 11.1 Å². The first-order chi connectivity index (χ1) is 15.0. The predicted molar refractivity (Wildman–Crippen MR) is 124 cm³/mol. The molecule has 0 aliphatic carbocycles. The number of nitrogens with one attached hydrogen (secondary N) is 1. The zero-order valence-corrected chi connectivity index (χ0v) is 18.4. The largest absolute Gasteiger partial charge is 0.478 e. The van der Waals surface area contributed by atoms with Crippen LogP contribution in [0, 0.1) is 0 Å². The fraction of sp³-hybridized carbons (Fsp3) is 0. The van der Waals surface area contributed by atoms with Gasteiger partial charge in [-0.25, -0.2) is 4.79 Å². The van der Waals surface area contributed by atoms with Crippen LogP contribution in [-0.2, 0) is 0 Å². The van der Waals surface area contributed by atoms with Crippen molar-refractivity contribution < 1.29 is 14.7 Å². The Morgan fingerprint density at radius 3 is 2.35 bits per heavy atom. The van der Waals surface area contributed by atoms with Crippen LogP contribution in [0.2, 0.25) is 0 Å². The highest BCUT2D eigenvalue weighted by atomic mass is 79.9. The standard InChI is InChI=1S/C18H11BrN2O3S.C5H5N/c19-15-4-2-13(20-15)17(22)16-12(18(23)24)8-21-7-10(1-3-14(16)21)11-5-6-25-9-11;1-2-4-6-5-3-1/h1-9,20H,(H,23,24);1-5H. The molecule has 5 aromatic heterocycles. The second-order valence-electron chi connectivity index (χ2n) is 6.52. The van der Waals surface area contributed by atoms with E-state index in [1.54, 1.807) is 46.3 Å². The van der Waals surface area contributed by atoms with Gasteiger partial charge in [0.1, 0.15) is 0 Å². The lowest BCUT2D eigenvalue weighted by Crippen LogP contribution is -2.07. The van der Waals surface area contributed by atoms with E-state index >= 15 is 0 Å². The summed E-state index contributed by atoms with van der Waals surface area (Å²) >= 11 is 4.86. The quantitative estimate of drug-likeness (QED) is 0.311. The zero-order chi connectivity index (χ0) is 21.8. The number of carbonyl (C=O) groups is 2. The number of ketones is 1. The monoisotopic (exact) mass is 493 g/mol. The Bertz CT molecular complexity index is 1310. The number of nitrogens with zero attached hydrogens (tertiary/aromatic N) is 2. The van der Waals surface area contributed by atoms with Crippen molar-refractivity contribution in [1.29, 1.82) is 0 Å². The molecule has 0 aromatic carbocycles. The van der Waals surface area contributed by atoms with Crippen LogP contribution in [-0.4, -0.2) is 31.2 Å². The highest BCUT2D eigenvalue weighted by Gasteiger charge is 2.24. The van der Waals surface area contributed by atoms with Gasteiger partial charge < -0.3 is 14.5 Å². The molecule has 0 aliphatic rings. The van der Waals surface area contributed by atoms with E-state index in [4.69, 9.17) is 0 Å². The van der Waals surface area contributed by atoms with Crippen molar-refractivity contribution >= 4 is 44.5 Å². The number of carboxylic acid groups (broad SMARTS) is 1. The predicted octanol–water partition coefficient (Wildman–Crippen LogP) is 5.77. The third-order valence-corrected chi connectivity index (χ3v) is 5.69. The number of carboxylic acids is 1. The lowest BCUT2D eigenvalue weighted by molar-refractivity contribution is 0.0693. The van der Waals surface area contributed by atoms with Crippen molar-refractivity contribution in [2.75, 3.05) is 0 Å². The van der Waals surface area contributed by atoms with Gasteiger partial charge in [0.05, 0.1) is 26.9 Å². The Morgan fingerprint density at radius 2 is 1.81 bits per heavy atom. The zero-order valence-electron chi connectivity index (χ0n) is 16.0. The van der Waals surface area contributed by atoms with Crippen molar-refractivity contribution in [3.05, 3.63) is 106 Å². The summed E-state index contributed by atoms with van der Waals surface area (Å²) in [5.74, 6) is -1.48. The number of carbonyl (C=O) groups excluding carboxylic acids is 1. The molecule has 0 unspecified atom stereocenters. The normalized spacial score (nSPS) is 10.5. The molecule has 0 spiro atoms. The van der Waals surface area contributed by atoms with Crippen LogP contribution in [0.5, 0.6) is 0 Å². The number of aromatic carboxylic acids is 1. The van der Waals surface area contributed by atoms with Gasteiger partial charge in [-0.05, 0) is 74.2 Å². The first-order valence-corrected chi connectivity index (χ1v) is 10.9. The maximum absolute atomic E-state index is 12.8.